The molecule has 0 aromatic heterocycles. The van der Waals surface area contributed by atoms with Gasteiger partial charge in [-0.1, -0.05) is 0 Å². The van der Waals surface area contributed by atoms with Crippen LogP contribution >= 0.6 is 0 Å². The zero-order chi connectivity index (χ0) is 0. The maximum atomic E-state index is 0. The molecule has 0 saturated heterocycles. The molecule has 0 aliphatic rings. The van der Waals surface area contributed by atoms with Crippen LogP contribution in [0.4, 0.5) is 0 Å². The van der Waals surface area contributed by atoms with Crippen LogP contribution in [0.15, 0.2) is 0 Å². The van der Waals surface area contributed by atoms with Gasteiger partial charge >= 0.3 is 0 Å². The van der Waals surface area contributed by atoms with Gasteiger partial charge in [0.15, 0.2) is 0 Å². The van der Waals surface area contributed by atoms with Crippen molar-refractivity contribution in [3.05, 3.63) is 0 Å². The predicted octanol–water partition coefficient (Wildman–Crippen LogP) is -3.03. The van der Waals surface area contributed by atoms with Gasteiger partial charge in [0.25, 0.3) is 0 Å². The van der Waals surface area contributed by atoms with Crippen LogP contribution in [0.5, 0.6) is 0 Å². The summed E-state index contributed by atoms with van der Waals surface area (Å²) < 4.78 is 0. The van der Waals surface area contributed by atoms with Gasteiger partial charge in [-0.2, -0.15) is 0 Å². The third-order valence-electron chi connectivity index (χ3n) is 0. The Kier molecular flexibility index (Phi) is 1150. The van der Waals surface area contributed by atoms with Gasteiger partial charge in [0, 0.05) is 64.0 Å². The first-order chi connectivity index (χ1) is 0. The third kappa shape index (κ3) is 39.1. The molecule has 3 radical (unpaired) electrons. The van der Waals surface area contributed by atoms with Crippen LogP contribution in [-0.4, -0.2) is 67.4 Å². The van der Waals surface area contributed by atoms with Gasteiger partial charge in [-0.05, 0) is 0 Å². The van der Waals surface area contributed by atoms with E-state index in [1.165, 1.54) is 0 Å². The second-order valence-corrected chi connectivity index (χ2v) is 0. The summed E-state index contributed by atoms with van der Waals surface area (Å²) in [5, 5.41) is 0. The second-order valence-electron chi connectivity index (χ2n) is 0. The van der Waals surface area contributed by atoms with Crippen molar-refractivity contribution in [1.82, 2.24) is 0 Å². The SMILES string of the molecule is O.O.O.[OH-].[Sr].[V]. The van der Waals surface area contributed by atoms with Crippen LogP contribution in [0.3, 0.4) is 0 Å². The number of rotatable bonds is 0. The van der Waals surface area contributed by atoms with Crippen molar-refractivity contribution in [2.45, 2.75) is 0 Å². The van der Waals surface area contributed by atoms with Crippen molar-refractivity contribution in [2.24, 2.45) is 0 Å². The Morgan fingerprint density at radius 1 is 0.667 bits per heavy atom. The fourth-order valence-electron chi connectivity index (χ4n) is 0. The van der Waals surface area contributed by atoms with Gasteiger partial charge in [-0.25, -0.2) is 0 Å². The summed E-state index contributed by atoms with van der Waals surface area (Å²) in [7, 11) is 0. The van der Waals surface area contributed by atoms with Gasteiger partial charge in [0.2, 0.25) is 0 Å². The molecule has 4 nitrogen and oxygen atoms in total. The molecule has 0 heterocycles. The van der Waals surface area contributed by atoms with E-state index in [1.54, 1.807) is 0 Å². The Bertz CT molecular complexity index is 7.51. The Balaban J connectivity index is 0. The summed E-state index contributed by atoms with van der Waals surface area (Å²) in [5.41, 5.74) is 0. The molecule has 0 spiro atoms. The predicted molar refractivity (Wildman–Crippen MR) is 18.5 cm³/mol. The summed E-state index contributed by atoms with van der Waals surface area (Å²) in [4.78, 5) is 0. The summed E-state index contributed by atoms with van der Waals surface area (Å²) in [6.07, 6.45) is 0. The molecule has 0 aliphatic heterocycles. The fraction of sp³-hybridized carbons (Fsp3) is 0. The first kappa shape index (κ1) is 104. The van der Waals surface area contributed by atoms with Crippen molar-refractivity contribution in [1.29, 1.82) is 0 Å². The molecular formula is H7O4SrV-. The summed E-state index contributed by atoms with van der Waals surface area (Å²) in [6.45, 7) is 0. The van der Waals surface area contributed by atoms with E-state index in [1.807, 2.05) is 0 Å². The van der Waals surface area contributed by atoms with Crippen molar-refractivity contribution >= 4 is 45.5 Å². The van der Waals surface area contributed by atoms with Crippen molar-refractivity contribution < 1.29 is 40.5 Å². The van der Waals surface area contributed by atoms with Gasteiger partial charge in [0.1, 0.15) is 0 Å². The van der Waals surface area contributed by atoms with Crippen LogP contribution in [0.1, 0.15) is 0 Å². The fourth-order valence-corrected chi connectivity index (χ4v) is 0. The molecular weight excluding hydrogens is 203 g/mol. The monoisotopic (exact) mass is 210 g/mol. The van der Waals surface area contributed by atoms with Crippen LogP contribution in [0.25, 0.3) is 0 Å². The maximum absolute atomic E-state index is 0. The van der Waals surface area contributed by atoms with E-state index in [0.29, 0.717) is 0 Å². The smallest absolute Gasteiger partial charge is 0 e. The van der Waals surface area contributed by atoms with Crippen LogP contribution in [0, 0.1) is 0 Å². The molecule has 6 heteroatoms. The average molecular weight is 210 g/mol. The second kappa shape index (κ2) is 66.3. The Labute approximate surface area is 84.7 Å². The van der Waals surface area contributed by atoms with Gasteiger partial charge < -0.3 is 21.9 Å². The molecule has 0 saturated carbocycles. The first-order valence-corrected chi connectivity index (χ1v) is 0. The van der Waals surface area contributed by atoms with Gasteiger partial charge in [-0.3, -0.25) is 0 Å². The van der Waals surface area contributed by atoms with Crippen LogP contribution < -0.4 is 0 Å². The minimum absolute atomic E-state index is 0. The molecule has 0 aromatic rings. The van der Waals surface area contributed by atoms with Crippen molar-refractivity contribution in [3.63, 3.8) is 0 Å². The summed E-state index contributed by atoms with van der Waals surface area (Å²) >= 11 is 0. The molecule has 0 amide bonds. The Morgan fingerprint density at radius 2 is 0.667 bits per heavy atom. The normalized spacial score (nSPS) is 0. The third-order valence-corrected chi connectivity index (χ3v) is 0. The van der Waals surface area contributed by atoms with E-state index in [-0.39, 0.29) is 85.9 Å². The maximum Gasteiger partial charge on any atom is 0 e. The van der Waals surface area contributed by atoms with Crippen molar-refractivity contribution in [2.75, 3.05) is 0 Å². The molecule has 0 aromatic carbocycles. The molecule has 0 fully saturated rings. The quantitative estimate of drug-likeness (QED) is 0.387. The van der Waals surface area contributed by atoms with E-state index in [4.69, 9.17) is 0 Å². The van der Waals surface area contributed by atoms with E-state index >= 15 is 0 Å². The molecule has 0 atom stereocenters. The Hall–Kier alpha value is 1.90. The summed E-state index contributed by atoms with van der Waals surface area (Å²) in [5.74, 6) is 0. The number of hydrogen-bond donors (Lipinski definition) is 0. The van der Waals surface area contributed by atoms with Gasteiger partial charge in [0.05, 0.1) is 0 Å². The number of hydrogen-bond acceptors (Lipinski definition) is 1. The first-order valence-electron chi connectivity index (χ1n) is 0. The van der Waals surface area contributed by atoms with E-state index in [2.05, 4.69) is 0 Å². The molecule has 0 rings (SSSR count). The van der Waals surface area contributed by atoms with E-state index in [9.17, 15) is 0 Å². The topological polar surface area (TPSA) is 124 Å². The minimum Gasteiger partial charge on any atom is -0.870 e. The molecule has 7 N–H and O–H groups in total. The average Bonchev–Trinajstić information content (AvgIpc) is 0. The van der Waals surface area contributed by atoms with Gasteiger partial charge in [-0.15, -0.1) is 0 Å². The van der Waals surface area contributed by atoms with Crippen molar-refractivity contribution in [3.8, 4) is 0 Å². The largest absolute Gasteiger partial charge is 0.870 e. The van der Waals surface area contributed by atoms with Crippen LogP contribution in [-0.2, 0) is 18.6 Å². The molecule has 0 bridgehead atoms. The molecule has 0 unspecified atom stereocenters. The minimum atomic E-state index is 0. The van der Waals surface area contributed by atoms with E-state index < -0.39 is 0 Å². The summed E-state index contributed by atoms with van der Waals surface area (Å²) in [6, 6.07) is 0. The molecule has 39 valence electrons. The Morgan fingerprint density at radius 3 is 0.667 bits per heavy atom. The standard InChI is InChI=1S/4H2O.Sr.V/h4*1H2;;/p-1. The zero-order valence-corrected chi connectivity index (χ0v) is 7.97. The molecule has 6 heavy (non-hydrogen) atoms. The molecule has 0 aliphatic carbocycles. The van der Waals surface area contributed by atoms with E-state index in [0.717, 1.165) is 0 Å². The van der Waals surface area contributed by atoms with Crippen LogP contribution in [0.2, 0.25) is 0 Å². The zero-order valence-electron chi connectivity index (χ0n) is 3.10.